The first kappa shape index (κ1) is 30.1. The van der Waals surface area contributed by atoms with Crippen molar-refractivity contribution in [1.82, 2.24) is 9.80 Å². The zero-order valence-electron chi connectivity index (χ0n) is 27.3. The Kier molecular flexibility index (Phi) is 7.42. The molecule has 5 nitrogen and oxygen atoms in total. The van der Waals surface area contributed by atoms with Crippen LogP contribution < -0.4 is 14.5 Å². The fraction of sp³-hybridized carbons (Fsp3) is 0.590. The SMILES string of the molecule is FC(F)(F)c1cccc(N2CCN(C3C4CC5CC3C(COc3ccccc3N3CCN(CC6CC7C=CC6=C7)CC3)(C5)C4)CC2)c1. The molecule has 0 N–H and O–H groups in total. The van der Waals surface area contributed by atoms with E-state index in [1.54, 1.807) is 5.57 Å². The number of hydrogen-bond donors (Lipinski definition) is 0. The molecule has 0 radical (unpaired) electrons. The Hall–Kier alpha value is -2.97. The van der Waals surface area contributed by atoms with Gasteiger partial charge in [0.15, 0.2) is 0 Å². The van der Waals surface area contributed by atoms with Gasteiger partial charge in [0, 0.05) is 76.0 Å². The van der Waals surface area contributed by atoms with Crippen molar-refractivity contribution in [3.63, 3.8) is 0 Å². The van der Waals surface area contributed by atoms with Crippen molar-refractivity contribution in [3.8, 4) is 5.75 Å². The van der Waals surface area contributed by atoms with E-state index in [0.717, 1.165) is 70.6 Å². The molecule has 7 atom stereocenters. The van der Waals surface area contributed by atoms with Gasteiger partial charge in [0.25, 0.3) is 0 Å². The quantitative estimate of drug-likeness (QED) is 0.309. The lowest BCUT2D eigenvalue weighted by atomic mass is 9.76. The van der Waals surface area contributed by atoms with Crippen molar-refractivity contribution in [2.75, 3.05) is 75.3 Å². The van der Waals surface area contributed by atoms with Gasteiger partial charge in [-0.1, -0.05) is 36.4 Å². The highest BCUT2D eigenvalue weighted by molar-refractivity contribution is 5.59. The van der Waals surface area contributed by atoms with Gasteiger partial charge < -0.3 is 14.5 Å². The molecule has 47 heavy (non-hydrogen) atoms. The highest BCUT2D eigenvalue weighted by Gasteiger charge is 2.64. The summed E-state index contributed by atoms with van der Waals surface area (Å²) in [5, 5.41) is 0. The number of nitrogens with zero attached hydrogens (tertiary/aromatic N) is 4. The maximum atomic E-state index is 13.4. The Labute approximate surface area is 277 Å². The number of rotatable bonds is 8. The monoisotopic (exact) mass is 644 g/mol. The second-order valence-electron chi connectivity index (χ2n) is 15.7. The number of piperazine rings is 2. The van der Waals surface area contributed by atoms with Crippen molar-refractivity contribution in [3.05, 3.63) is 77.9 Å². The number of para-hydroxylation sites is 2. The predicted molar refractivity (Wildman–Crippen MR) is 180 cm³/mol. The first-order valence-corrected chi connectivity index (χ1v) is 18.1. The van der Waals surface area contributed by atoms with Gasteiger partial charge in [0.2, 0.25) is 0 Å². The van der Waals surface area contributed by atoms with Crippen LogP contribution in [0.1, 0.15) is 37.7 Å². The molecular weight excluding hydrogens is 597 g/mol. The average Bonchev–Trinajstić information content (AvgIpc) is 3.82. The lowest BCUT2D eigenvalue weighted by Gasteiger charge is -2.45. The van der Waals surface area contributed by atoms with E-state index >= 15 is 0 Å². The molecule has 10 rings (SSSR count). The minimum Gasteiger partial charge on any atom is -0.491 e. The molecule has 8 heteroatoms. The van der Waals surface area contributed by atoms with Crippen LogP contribution in [-0.2, 0) is 6.18 Å². The second-order valence-corrected chi connectivity index (χ2v) is 15.7. The van der Waals surface area contributed by atoms with Crippen LogP contribution in [0.15, 0.2) is 72.3 Å². The van der Waals surface area contributed by atoms with E-state index < -0.39 is 11.7 Å². The smallest absolute Gasteiger partial charge is 0.416 e. The van der Waals surface area contributed by atoms with E-state index in [-0.39, 0.29) is 5.41 Å². The number of hydrogen-bond acceptors (Lipinski definition) is 5. The van der Waals surface area contributed by atoms with Crippen molar-refractivity contribution < 1.29 is 17.9 Å². The van der Waals surface area contributed by atoms with Crippen molar-refractivity contribution in [1.29, 1.82) is 0 Å². The number of fused-ring (bicyclic) bond motifs is 1. The maximum absolute atomic E-state index is 13.4. The average molecular weight is 645 g/mol. The number of anilines is 2. The minimum atomic E-state index is -4.31. The van der Waals surface area contributed by atoms with E-state index in [2.05, 4.69) is 62.1 Å². The van der Waals surface area contributed by atoms with Crippen LogP contribution in [0.2, 0.25) is 0 Å². The topological polar surface area (TPSA) is 22.2 Å². The molecule has 2 aromatic rings. The molecule has 2 aliphatic heterocycles. The largest absolute Gasteiger partial charge is 0.491 e. The fourth-order valence-corrected chi connectivity index (χ4v) is 11.1. The predicted octanol–water partition coefficient (Wildman–Crippen LogP) is 6.97. The molecule has 6 aliphatic carbocycles. The standard InChI is InChI=1S/C39H47F3N4O/c40-39(41,42)32-4-3-5-33(22-32)44-14-16-46(17-15-44)37-30-20-28-21-34(37)38(23-28,24-30)26-47-36-7-2-1-6-35(36)45-12-10-43(11-13-45)25-31-19-27-8-9-29(31)18-27/h1-9,18,22,27-28,30-31,34,37H,10-17,19-21,23-26H2. The molecule has 2 aromatic carbocycles. The van der Waals surface area contributed by atoms with E-state index in [4.69, 9.17) is 4.74 Å². The van der Waals surface area contributed by atoms with Gasteiger partial charge in [-0.15, -0.1) is 0 Å². The summed E-state index contributed by atoms with van der Waals surface area (Å²) in [4.78, 5) is 10.0. The van der Waals surface area contributed by atoms with Crippen molar-refractivity contribution in [2.24, 2.45) is 35.0 Å². The van der Waals surface area contributed by atoms with Gasteiger partial charge in [0.1, 0.15) is 5.75 Å². The lowest BCUT2D eigenvalue weighted by Crippen LogP contribution is -2.54. The van der Waals surface area contributed by atoms with Gasteiger partial charge in [-0.3, -0.25) is 9.80 Å². The van der Waals surface area contributed by atoms with Crippen LogP contribution in [0.25, 0.3) is 0 Å². The lowest BCUT2D eigenvalue weighted by molar-refractivity contribution is -0.137. The molecule has 0 spiro atoms. The molecule has 6 fully saturated rings. The Morgan fingerprint density at radius 3 is 2.40 bits per heavy atom. The third-order valence-electron chi connectivity index (χ3n) is 13.1. The summed E-state index contributed by atoms with van der Waals surface area (Å²) in [7, 11) is 0. The zero-order chi connectivity index (χ0) is 31.8. The molecule has 2 saturated heterocycles. The van der Waals surface area contributed by atoms with Crippen LogP contribution >= 0.6 is 0 Å². The summed E-state index contributed by atoms with van der Waals surface area (Å²) in [6.45, 7) is 9.66. The second kappa shape index (κ2) is 11.6. The van der Waals surface area contributed by atoms with Crippen LogP contribution in [0.4, 0.5) is 24.5 Å². The number of benzene rings is 2. The Bertz CT molecular complexity index is 1540. The Balaban J connectivity index is 0.827. The van der Waals surface area contributed by atoms with Crippen molar-refractivity contribution in [2.45, 2.75) is 44.3 Å². The zero-order valence-corrected chi connectivity index (χ0v) is 27.3. The first-order valence-electron chi connectivity index (χ1n) is 18.1. The molecule has 250 valence electrons. The van der Waals surface area contributed by atoms with Crippen molar-refractivity contribution >= 4 is 11.4 Å². The summed E-state index contributed by atoms with van der Waals surface area (Å²) in [5.41, 5.74) is 3.18. The highest BCUT2D eigenvalue weighted by atomic mass is 19.4. The molecular formula is C39H47F3N4O. The maximum Gasteiger partial charge on any atom is 0.416 e. The van der Waals surface area contributed by atoms with Gasteiger partial charge >= 0.3 is 6.18 Å². The Morgan fingerprint density at radius 1 is 0.830 bits per heavy atom. The third-order valence-corrected chi connectivity index (χ3v) is 13.1. The number of ether oxygens (including phenoxy) is 1. The summed E-state index contributed by atoms with van der Waals surface area (Å²) in [6, 6.07) is 15.1. The van der Waals surface area contributed by atoms with E-state index in [9.17, 15) is 13.2 Å². The number of halogens is 3. The highest BCUT2D eigenvalue weighted by Crippen LogP contribution is 2.66. The third kappa shape index (κ3) is 5.47. The molecule has 7 unspecified atom stereocenters. The van der Waals surface area contributed by atoms with E-state index in [1.165, 1.54) is 62.5 Å². The Morgan fingerprint density at radius 2 is 1.64 bits per heavy atom. The summed E-state index contributed by atoms with van der Waals surface area (Å²) in [6.07, 6.45) is 9.31. The van der Waals surface area contributed by atoms with Crippen LogP contribution in [-0.4, -0.2) is 81.4 Å². The van der Waals surface area contributed by atoms with Gasteiger partial charge in [0.05, 0.1) is 17.9 Å². The fourth-order valence-electron chi connectivity index (χ4n) is 11.1. The number of alkyl halides is 3. The molecule has 4 saturated carbocycles. The molecule has 0 amide bonds. The first-order chi connectivity index (χ1) is 22.8. The van der Waals surface area contributed by atoms with Gasteiger partial charge in [-0.25, -0.2) is 0 Å². The molecule has 2 heterocycles. The molecule has 0 aromatic heterocycles. The van der Waals surface area contributed by atoms with Crippen LogP contribution in [0.3, 0.4) is 0 Å². The number of allylic oxidation sites excluding steroid dienone is 3. The summed E-state index contributed by atoms with van der Waals surface area (Å²) >= 11 is 0. The van der Waals surface area contributed by atoms with Crippen LogP contribution in [0, 0.1) is 35.0 Å². The summed E-state index contributed by atoms with van der Waals surface area (Å²) < 4.78 is 46.9. The summed E-state index contributed by atoms with van der Waals surface area (Å²) in [5.74, 6) is 4.61. The van der Waals surface area contributed by atoms with E-state index in [0.29, 0.717) is 35.4 Å². The van der Waals surface area contributed by atoms with Crippen LogP contribution in [0.5, 0.6) is 5.75 Å². The minimum absolute atomic E-state index is 0.242. The molecule has 8 aliphatic rings. The van der Waals surface area contributed by atoms with Gasteiger partial charge in [-0.05, 0) is 97.6 Å². The molecule has 6 bridgehead atoms. The van der Waals surface area contributed by atoms with Gasteiger partial charge in [-0.2, -0.15) is 13.2 Å². The normalized spacial score (nSPS) is 34.9. The van der Waals surface area contributed by atoms with E-state index in [1.807, 2.05) is 6.07 Å².